The van der Waals surface area contributed by atoms with Gasteiger partial charge in [-0.05, 0) is 18.6 Å². The lowest BCUT2D eigenvalue weighted by molar-refractivity contribution is 0.102. The first-order valence-corrected chi connectivity index (χ1v) is 10.8. The highest BCUT2D eigenvalue weighted by Gasteiger charge is 2.19. The van der Waals surface area contributed by atoms with Gasteiger partial charge in [0.15, 0.2) is 5.13 Å². The number of nitrogens with zero attached hydrogens (tertiary/aromatic N) is 1. The Hall–Kier alpha value is -2.18. The monoisotopic (exact) mass is 444 g/mol. The van der Waals surface area contributed by atoms with Crippen LogP contribution in [-0.2, 0) is 0 Å². The molecule has 0 spiro atoms. The lowest BCUT2D eigenvalue weighted by Gasteiger charge is -2.03. The van der Waals surface area contributed by atoms with Crippen molar-refractivity contribution in [3.63, 3.8) is 0 Å². The Morgan fingerprint density at radius 1 is 0.964 bits per heavy atom. The average molecular weight is 445 g/mol. The fraction of sp³-hybridized carbons (Fsp3) is 0.0476. The molecule has 0 bridgehead atoms. The molecule has 0 atom stereocenters. The van der Waals surface area contributed by atoms with E-state index in [0.29, 0.717) is 19.4 Å². The van der Waals surface area contributed by atoms with Gasteiger partial charge < -0.3 is 0 Å². The number of halogens is 2. The molecule has 0 aliphatic carbocycles. The minimum Gasteiger partial charge on any atom is -0.298 e. The van der Waals surface area contributed by atoms with Gasteiger partial charge in [0.25, 0.3) is 5.91 Å². The van der Waals surface area contributed by atoms with E-state index in [4.69, 9.17) is 28.2 Å². The zero-order valence-corrected chi connectivity index (χ0v) is 17.8. The molecule has 1 N–H and O–H groups in total. The Morgan fingerprint density at radius 3 is 2.32 bits per heavy atom. The van der Waals surface area contributed by atoms with Gasteiger partial charge in [-0.25, -0.2) is 4.98 Å². The second-order valence-electron chi connectivity index (χ2n) is 6.12. The molecule has 140 valence electrons. The van der Waals surface area contributed by atoms with Crippen molar-refractivity contribution in [3.05, 3.63) is 80.5 Å². The van der Waals surface area contributed by atoms with Crippen LogP contribution in [0, 0.1) is 6.92 Å². The number of thiazole rings is 1. The molecule has 0 fully saturated rings. The van der Waals surface area contributed by atoms with Gasteiger partial charge in [-0.1, -0.05) is 94.7 Å². The molecule has 2 aromatic heterocycles. The van der Waals surface area contributed by atoms with Crippen LogP contribution in [0.25, 0.3) is 21.7 Å². The summed E-state index contributed by atoms with van der Waals surface area (Å²) in [5.41, 5.74) is 4.41. The largest absolute Gasteiger partial charge is 0.298 e. The van der Waals surface area contributed by atoms with Crippen molar-refractivity contribution >= 4 is 56.9 Å². The molecule has 4 aromatic rings. The zero-order chi connectivity index (χ0) is 19.7. The molecule has 0 aliphatic rings. The molecule has 28 heavy (non-hydrogen) atoms. The van der Waals surface area contributed by atoms with Crippen molar-refractivity contribution in [1.29, 1.82) is 0 Å². The molecule has 1 amide bonds. The lowest BCUT2D eigenvalue weighted by Crippen LogP contribution is -2.11. The van der Waals surface area contributed by atoms with Crippen LogP contribution in [0.15, 0.2) is 60.7 Å². The highest BCUT2D eigenvalue weighted by molar-refractivity contribution is 7.20. The normalized spacial score (nSPS) is 10.8. The summed E-state index contributed by atoms with van der Waals surface area (Å²) in [6.45, 7) is 2.05. The van der Waals surface area contributed by atoms with E-state index in [1.807, 2.05) is 49.4 Å². The van der Waals surface area contributed by atoms with Gasteiger partial charge in [-0.15, -0.1) is 11.3 Å². The molecule has 0 saturated heterocycles. The number of hydrogen-bond donors (Lipinski definition) is 1. The fourth-order valence-corrected chi connectivity index (χ4v) is 5.17. The third kappa shape index (κ3) is 3.98. The van der Waals surface area contributed by atoms with Crippen molar-refractivity contribution in [1.82, 2.24) is 4.98 Å². The number of aromatic nitrogens is 1. The molecule has 7 heteroatoms. The lowest BCUT2D eigenvalue weighted by atomic mass is 10.1. The summed E-state index contributed by atoms with van der Waals surface area (Å²) in [4.78, 5) is 18.3. The van der Waals surface area contributed by atoms with Gasteiger partial charge in [0, 0.05) is 5.56 Å². The number of anilines is 1. The predicted molar refractivity (Wildman–Crippen MR) is 120 cm³/mol. The van der Waals surface area contributed by atoms with Gasteiger partial charge in [0.1, 0.15) is 4.34 Å². The first-order chi connectivity index (χ1) is 13.5. The average Bonchev–Trinajstić information content (AvgIpc) is 3.26. The maximum absolute atomic E-state index is 12.6. The summed E-state index contributed by atoms with van der Waals surface area (Å²) < 4.78 is 0.834. The smallest absolute Gasteiger partial charge is 0.259 e. The highest BCUT2D eigenvalue weighted by atomic mass is 35.5. The van der Waals surface area contributed by atoms with E-state index in [2.05, 4.69) is 17.4 Å². The Labute approximate surface area is 180 Å². The van der Waals surface area contributed by atoms with Crippen molar-refractivity contribution in [2.75, 3.05) is 5.32 Å². The van der Waals surface area contributed by atoms with E-state index in [9.17, 15) is 4.79 Å². The minimum atomic E-state index is -0.322. The van der Waals surface area contributed by atoms with Crippen molar-refractivity contribution in [3.8, 4) is 21.7 Å². The molecule has 3 nitrogen and oxygen atoms in total. The fourth-order valence-electron chi connectivity index (χ4n) is 2.73. The molecule has 0 saturated carbocycles. The van der Waals surface area contributed by atoms with E-state index in [-0.39, 0.29) is 5.91 Å². The van der Waals surface area contributed by atoms with E-state index < -0.39 is 0 Å². The first-order valence-electron chi connectivity index (χ1n) is 8.41. The zero-order valence-electron chi connectivity index (χ0n) is 14.7. The van der Waals surface area contributed by atoms with Crippen LogP contribution in [0.1, 0.15) is 15.9 Å². The summed E-state index contributed by atoms with van der Waals surface area (Å²) in [7, 11) is 0. The molecule has 0 aliphatic heterocycles. The number of aryl methyl sites for hydroxylation is 1. The van der Waals surface area contributed by atoms with Crippen molar-refractivity contribution in [2.45, 2.75) is 6.92 Å². The molecular weight excluding hydrogens is 431 g/mol. The van der Waals surface area contributed by atoms with Gasteiger partial charge in [-0.3, -0.25) is 10.1 Å². The van der Waals surface area contributed by atoms with Crippen LogP contribution < -0.4 is 5.32 Å². The maximum atomic E-state index is 12.6. The van der Waals surface area contributed by atoms with E-state index in [0.717, 1.165) is 33.0 Å². The van der Waals surface area contributed by atoms with Gasteiger partial charge >= 0.3 is 0 Å². The quantitative estimate of drug-likeness (QED) is 0.355. The van der Waals surface area contributed by atoms with E-state index in [1.54, 1.807) is 6.07 Å². The van der Waals surface area contributed by atoms with Crippen LogP contribution in [0.2, 0.25) is 8.67 Å². The first kappa shape index (κ1) is 19.2. The van der Waals surface area contributed by atoms with Gasteiger partial charge in [0.2, 0.25) is 0 Å². The SMILES string of the molecule is Cc1ccc(-c2nc(NC(=O)c3cc(Cl)sc3Cl)sc2-c2ccccc2)cc1. The second kappa shape index (κ2) is 8.05. The molecule has 0 radical (unpaired) electrons. The van der Waals surface area contributed by atoms with Gasteiger partial charge in [0.05, 0.1) is 20.5 Å². The predicted octanol–water partition coefficient (Wildman–Crippen LogP) is 7.41. The molecule has 2 heterocycles. The Kier molecular flexibility index (Phi) is 5.51. The number of hydrogen-bond acceptors (Lipinski definition) is 4. The number of benzene rings is 2. The van der Waals surface area contributed by atoms with Crippen LogP contribution in [0.4, 0.5) is 5.13 Å². The minimum absolute atomic E-state index is 0.322. The second-order valence-corrected chi connectivity index (χ2v) is 9.41. The number of carbonyl (C=O) groups is 1. The van der Waals surface area contributed by atoms with Crippen molar-refractivity contribution in [2.24, 2.45) is 0 Å². The van der Waals surface area contributed by atoms with E-state index in [1.165, 1.54) is 16.9 Å². The third-order valence-corrected chi connectivity index (χ3v) is 6.62. The van der Waals surface area contributed by atoms with Crippen LogP contribution in [0.5, 0.6) is 0 Å². The number of carbonyl (C=O) groups excluding carboxylic acids is 1. The van der Waals surface area contributed by atoms with E-state index >= 15 is 0 Å². The maximum Gasteiger partial charge on any atom is 0.259 e. The van der Waals surface area contributed by atoms with Crippen molar-refractivity contribution < 1.29 is 4.79 Å². The summed E-state index contributed by atoms with van der Waals surface area (Å²) in [5, 5.41) is 3.37. The van der Waals surface area contributed by atoms with Crippen LogP contribution in [-0.4, -0.2) is 10.9 Å². The summed E-state index contributed by atoms with van der Waals surface area (Å²) >= 11 is 14.7. The summed E-state index contributed by atoms with van der Waals surface area (Å²) in [6, 6.07) is 19.8. The molecule has 4 rings (SSSR count). The summed E-state index contributed by atoms with van der Waals surface area (Å²) in [6.07, 6.45) is 0. The Morgan fingerprint density at radius 2 is 1.68 bits per heavy atom. The molecule has 2 aromatic carbocycles. The summed E-state index contributed by atoms with van der Waals surface area (Å²) in [5.74, 6) is -0.322. The standard InChI is InChI=1S/C21H14Cl2N2OS2/c1-12-7-9-13(10-8-12)17-18(14-5-3-2-4-6-14)28-21(24-17)25-20(26)15-11-16(22)27-19(15)23/h2-11H,1H3,(H,24,25,26). The Balaban J connectivity index is 1.74. The molecule has 0 unspecified atom stereocenters. The highest BCUT2D eigenvalue weighted by Crippen LogP contribution is 2.39. The van der Waals surface area contributed by atoms with Crippen LogP contribution >= 0.6 is 45.9 Å². The number of thiophene rings is 1. The van der Waals surface area contributed by atoms with Crippen LogP contribution in [0.3, 0.4) is 0 Å². The number of nitrogens with one attached hydrogen (secondary N) is 1. The molecular formula is C21H14Cl2N2OS2. The topological polar surface area (TPSA) is 42.0 Å². The van der Waals surface area contributed by atoms with Gasteiger partial charge in [-0.2, -0.15) is 0 Å². The Bertz CT molecular complexity index is 1140. The number of rotatable bonds is 4. The number of amides is 1. The third-order valence-electron chi connectivity index (χ3n) is 4.11.